The number of amides is 1. The number of para-hydroxylation sites is 1. The van der Waals surface area contributed by atoms with E-state index in [1.165, 1.54) is 6.07 Å². The van der Waals surface area contributed by atoms with E-state index < -0.39 is 4.92 Å². The van der Waals surface area contributed by atoms with Crippen LogP contribution >= 0.6 is 15.9 Å². The summed E-state index contributed by atoms with van der Waals surface area (Å²) in [6, 6.07) is 11.5. The molecule has 0 saturated carbocycles. The first-order valence-electron chi connectivity index (χ1n) is 5.80. The zero-order chi connectivity index (χ0) is 14.7. The van der Waals surface area contributed by atoms with Crippen LogP contribution in [0.5, 0.6) is 0 Å². The van der Waals surface area contributed by atoms with Crippen molar-refractivity contribution in [3.8, 4) is 0 Å². The average molecular weight is 335 g/mol. The molecule has 0 fully saturated rings. The Kier molecular flexibility index (Phi) is 4.14. The molecule has 2 aromatic carbocycles. The van der Waals surface area contributed by atoms with Crippen molar-refractivity contribution in [1.29, 1.82) is 0 Å². The number of hydrogen-bond donors (Lipinski definition) is 1. The lowest BCUT2D eigenvalue weighted by molar-refractivity contribution is -0.383. The predicted octanol–water partition coefficient (Wildman–Crippen LogP) is 3.92. The van der Waals surface area contributed by atoms with Crippen LogP contribution in [0.3, 0.4) is 0 Å². The molecule has 2 aromatic rings. The molecular weight excluding hydrogens is 324 g/mol. The second-order valence-electron chi connectivity index (χ2n) is 4.19. The Labute approximate surface area is 123 Å². The van der Waals surface area contributed by atoms with Gasteiger partial charge in [0.2, 0.25) is 0 Å². The van der Waals surface area contributed by atoms with Crippen LogP contribution in [0.25, 0.3) is 0 Å². The number of carbonyl (C=O) groups excluding carboxylic acids is 1. The molecule has 0 aliphatic rings. The number of aryl methyl sites for hydroxylation is 1. The Bertz CT molecular complexity index is 686. The van der Waals surface area contributed by atoms with E-state index in [-0.39, 0.29) is 17.3 Å². The third kappa shape index (κ3) is 3.03. The van der Waals surface area contributed by atoms with Crippen molar-refractivity contribution in [3.63, 3.8) is 0 Å². The highest BCUT2D eigenvalue weighted by atomic mass is 79.9. The average Bonchev–Trinajstić information content (AvgIpc) is 2.40. The quantitative estimate of drug-likeness (QED) is 0.683. The van der Waals surface area contributed by atoms with Gasteiger partial charge < -0.3 is 5.32 Å². The Morgan fingerprint density at radius 2 is 1.95 bits per heavy atom. The van der Waals surface area contributed by atoms with Crippen LogP contribution in [-0.4, -0.2) is 10.8 Å². The smallest absolute Gasteiger partial charge is 0.293 e. The van der Waals surface area contributed by atoms with E-state index in [0.717, 1.165) is 4.47 Å². The first-order chi connectivity index (χ1) is 9.49. The lowest BCUT2D eigenvalue weighted by Gasteiger charge is -2.09. The summed E-state index contributed by atoms with van der Waals surface area (Å²) in [7, 11) is 0. The van der Waals surface area contributed by atoms with E-state index in [1.807, 2.05) is 0 Å². The number of carbonyl (C=O) groups is 1. The molecule has 0 aliphatic heterocycles. The number of rotatable bonds is 3. The molecule has 0 atom stereocenters. The van der Waals surface area contributed by atoms with Crippen LogP contribution in [0.1, 0.15) is 15.9 Å². The maximum Gasteiger partial charge on any atom is 0.293 e. The largest absolute Gasteiger partial charge is 0.316 e. The molecule has 1 N–H and O–H groups in total. The van der Waals surface area contributed by atoms with Gasteiger partial charge in [0.15, 0.2) is 0 Å². The summed E-state index contributed by atoms with van der Waals surface area (Å²) in [5, 5.41) is 13.6. The molecule has 0 spiro atoms. The summed E-state index contributed by atoms with van der Waals surface area (Å²) < 4.78 is 0.768. The fourth-order valence-corrected chi connectivity index (χ4v) is 2.18. The van der Waals surface area contributed by atoms with Crippen LogP contribution in [0.2, 0.25) is 0 Å². The first-order valence-corrected chi connectivity index (χ1v) is 6.59. The number of hydrogen-bond acceptors (Lipinski definition) is 3. The molecule has 0 unspecified atom stereocenters. The van der Waals surface area contributed by atoms with Crippen molar-refractivity contribution < 1.29 is 9.72 Å². The fraction of sp³-hybridized carbons (Fsp3) is 0.0714. The van der Waals surface area contributed by atoms with Crippen LogP contribution in [0.4, 0.5) is 11.4 Å². The van der Waals surface area contributed by atoms with Gasteiger partial charge in [0, 0.05) is 16.1 Å². The van der Waals surface area contributed by atoms with Gasteiger partial charge in [-0.2, -0.15) is 0 Å². The van der Waals surface area contributed by atoms with E-state index in [1.54, 1.807) is 43.3 Å². The van der Waals surface area contributed by atoms with Crippen molar-refractivity contribution in [2.75, 3.05) is 5.32 Å². The summed E-state index contributed by atoms with van der Waals surface area (Å²) in [4.78, 5) is 22.6. The van der Waals surface area contributed by atoms with Crippen LogP contribution in [0, 0.1) is 17.0 Å². The van der Waals surface area contributed by atoms with E-state index in [2.05, 4.69) is 21.2 Å². The minimum absolute atomic E-state index is 0.117. The Hall–Kier alpha value is -2.21. The van der Waals surface area contributed by atoms with Gasteiger partial charge >= 0.3 is 0 Å². The molecule has 1 amide bonds. The minimum Gasteiger partial charge on any atom is -0.316 e. The lowest BCUT2D eigenvalue weighted by atomic mass is 10.1. The van der Waals surface area contributed by atoms with Crippen molar-refractivity contribution >= 4 is 33.2 Å². The third-order valence-corrected chi connectivity index (χ3v) is 3.27. The van der Waals surface area contributed by atoms with Gasteiger partial charge in [-0.05, 0) is 30.7 Å². The summed E-state index contributed by atoms with van der Waals surface area (Å²) in [5.41, 5.74) is 1.18. The monoisotopic (exact) mass is 334 g/mol. The maximum absolute atomic E-state index is 12.1. The highest BCUT2D eigenvalue weighted by Gasteiger charge is 2.18. The molecule has 5 nitrogen and oxygen atoms in total. The minimum atomic E-state index is -0.510. The third-order valence-electron chi connectivity index (χ3n) is 2.77. The second-order valence-corrected chi connectivity index (χ2v) is 5.11. The molecule has 0 heterocycles. The molecule has 0 aromatic heterocycles. The van der Waals surface area contributed by atoms with Gasteiger partial charge in [-0.25, -0.2) is 0 Å². The number of nitro groups is 1. The highest BCUT2D eigenvalue weighted by Crippen LogP contribution is 2.28. The maximum atomic E-state index is 12.1. The van der Waals surface area contributed by atoms with Crippen LogP contribution in [-0.2, 0) is 0 Å². The van der Waals surface area contributed by atoms with E-state index >= 15 is 0 Å². The molecule has 0 saturated heterocycles. The number of nitrogens with one attached hydrogen (secondary N) is 1. The van der Waals surface area contributed by atoms with Crippen molar-refractivity contribution in [1.82, 2.24) is 0 Å². The van der Waals surface area contributed by atoms with E-state index in [9.17, 15) is 14.9 Å². The normalized spacial score (nSPS) is 10.1. The standard InChI is InChI=1S/C14H11BrN2O3/c1-9-4-2-7-12(17(19)20)13(9)16-14(18)10-5-3-6-11(15)8-10/h2-8H,1H3,(H,16,18). The van der Waals surface area contributed by atoms with Gasteiger partial charge in [-0.3, -0.25) is 14.9 Å². The Morgan fingerprint density at radius 1 is 1.25 bits per heavy atom. The summed E-state index contributed by atoms with van der Waals surface area (Å²) in [6.07, 6.45) is 0. The van der Waals surface area contributed by atoms with Crippen LogP contribution in [0.15, 0.2) is 46.9 Å². The molecule has 0 radical (unpaired) electrons. The molecule has 0 aliphatic carbocycles. The van der Waals surface area contributed by atoms with Gasteiger partial charge in [0.1, 0.15) is 5.69 Å². The molecule has 20 heavy (non-hydrogen) atoms. The topological polar surface area (TPSA) is 72.2 Å². The first kappa shape index (κ1) is 14.2. The van der Waals surface area contributed by atoms with Crippen molar-refractivity contribution in [2.24, 2.45) is 0 Å². The van der Waals surface area contributed by atoms with Gasteiger partial charge in [-0.1, -0.05) is 34.1 Å². The van der Waals surface area contributed by atoms with E-state index in [0.29, 0.717) is 11.1 Å². The van der Waals surface area contributed by atoms with Crippen molar-refractivity contribution in [3.05, 3.63) is 68.2 Å². The van der Waals surface area contributed by atoms with Crippen molar-refractivity contribution in [2.45, 2.75) is 6.92 Å². The van der Waals surface area contributed by atoms with Crippen LogP contribution < -0.4 is 5.32 Å². The molecular formula is C14H11BrN2O3. The number of anilines is 1. The fourth-order valence-electron chi connectivity index (χ4n) is 1.78. The second kappa shape index (κ2) is 5.83. The van der Waals surface area contributed by atoms with Gasteiger partial charge in [0.25, 0.3) is 11.6 Å². The SMILES string of the molecule is Cc1cccc([N+](=O)[O-])c1NC(=O)c1cccc(Br)c1. The molecule has 6 heteroatoms. The molecule has 0 bridgehead atoms. The number of halogens is 1. The van der Waals surface area contributed by atoms with E-state index in [4.69, 9.17) is 0 Å². The molecule has 102 valence electrons. The Balaban J connectivity index is 2.35. The Morgan fingerprint density at radius 3 is 2.60 bits per heavy atom. The predicted molar refractivity (Wildman–Crippen MR) is 79.9 cm³/mol. The highest BCUT2D eigenvalue weighted by molar-refractivity contribution is 9.10. The number of nitro benzene ring substituents is 1. The summed E-state index contributed by atoms with van der Waals surface area (Å²) >= 11 is 3.28. The van der Waals surface area contributed by atoms with Gasteiger partial charge in [0.05, 0.1) is 4.92 Å². The number of benzene rings is 2. The number of nitrogens with zero attached hydrogens (tertiary/aromatic N) is 1. The zero-order valence-corrected chi connectivity index (χ0v) is 12.2. The summed E-state index contributed by atoms with van der Waals surface area (Å²) in [6.45, 7) is 1.71. The zero-order valence-electron chi connectivity index (χ0n) is 10.6. The molecule has 2 rings (SSSR count). The van der Waals surface area contributed by atoms with Gasteiger partial charge in [-0.15, -0.1) is 0 Å². The lowest BCUT2D eigenvalue weighted by Crippen LogP contribution is -2.14. The summed E-state index contributed by atoms with van der Waals surface area (Å²) in [5.74, 6) is -0.385.